The van der Waals surface area contributed by atoms with Gasteiger partial charge >= 0.3 is 11.9 Å². The molecule has 0 fully saturated rings. The van der Waals surface area contributed by atoms with Crippen molar-refractivity contribution < 1.29 is 62.6 Å². The molecule has 0 bridgehead atoms. The standard InChI is InChI=1S/2C16H20BrF4NO3S/c2*1-5-25-13(23)12(19)16(14(20)21,22-26(24)15(2,3)4)10-8-9(17)6-7-11(10)18/h2*6-8,12,14,22H,5H2,1-4H3/t12-,16+,26+;12-,16-,26-/m01/s1. The Bertz CT molecular complexity index is 1480. The predicted octanol–water partition coefficient (Wildman–Crippen LogP) is 8.00. The highest BCUT2D eigenvalue weighted by Crippen LogP contribution is 2.40. The molecule has 296 valence electrons. The van der Waals surface area contributed by atoms with Crippen molar-refractivity contribution >= 4 is 65.8 Å². The molecule has 0 aliphatic carbocycles. The van der Waals surface area contributed by atoms with E-state index >= 15 is 0 Å². The minimum Gasteiger partial charge on any atom is -0.464 e. The number of rotatable bonds is 14. The summed E-state index contributed by atoms with van der Waals surface area (Å²) < 4.78 is 151. The van der Waals surface area contributed by atoms with E-state index in [-0.39, 0.29) is 22.2 Å². The molecular weight excluding hydrogens is 884 g/mol. The van der Waals surface area contributed by atoms with Gasteiger partial charge in [-0.1, -0.05) is 31.9 Å². The van der Waals surface area contributed by atoms with E-state index in [1.54, 1.807) is 0 Å². The van der Waals surface area contributed by atoms with E-state index in [1.165, 1.54) is 67.5 Å². The Morgan fingerprint density at radius 3 is 1.17 bits per heavy atom. The molecule has 0 amide bonds. The second-order valence-electron chi connectivity index (χ2n) is 12.8. The van der Waals surface area contributed by atoms with Crippen LogP contribution in [0.3, 0.4) is 0 Å². The molecule has 0 unspecified atom stereocenters. The van der Waals surface area contributed by atoms with Crippen molar-refractivity contribution in [2.75, 3.05) is 13.2 Å². The third-order valence-electron chi connectivity index (χ3n) is 6.86. The molecule has 0 saturated carbocycles. The Morgan fingerprint density at radius 2 is 0.942 bits per heavy atom. The minimum atomic E-state index is -3.61. The van der Waals surface area contributed by atoms with Crippen LogP contribution in [-0.2, 0) is 52.1 Å². The second-order valence-corrected chi connectivity index (χ2v) is 18.5. The fourth-order valence-corrected chi connectivity index (χ4v) is 6.63. The molecule has 0 radical (unpaired) electrons. The summed E-state index contributed by atoms with van der Waals surface area (Å²) in [7, 11) is -4.49. The molecule has 0 heterocycles. The van der Waals surface area contributed by atoms with Gasteiger partial charge in [-0.2, -0.15) is 0 Å². The number of alkyl halides is 6. The van der Waals surface area contributed by atoms with Crippen LogP contribution in [-0.4, -0.2) is 68.3 Å². The summed E-state index contributed by atoms with van der Waals surface area (Å²) in [4.78, 5) is 23.8. The highest BCUT2D eigenvalue weighted by molar-refractivity contribution is 9.10. The zero-order valence-electron chi connectivity index (χ0n) is 29.2. The van der Waals surface area contributed by atoms with E-state index in [9.17, 15) is 53.1 Å². The maximum atomic E-state index is 15.0. The molecule has 0 aliphatic rings. The monoisotopic (exact) mass is 922 g/mol. The van der Waals surface area contributed by atoms with Crippen LogP contribution >= 0.6 is 31.9 Å². The lowest BCUT2D eigenvalue weighted by Crippen LogP contribution is -2.60. The van der Waals surface area contributed by atoms with Crippen LogP contribution < -0.4 is 9.44 Å². The van der Waals surface area contributed by atoms with Gasteiger partial charge in [-0.3, -0.25) is 0 Å². The van der Waals surface area contributed by atoms with Crippen molar-refractivity contribution in [1.29, 1.82) is 0 Å². The molecule has 8 nitrogen and oxygen atoms in total. The zero-order valence-corrected chi connectivity index (χ0v) is 34.0. The first kappa shape index (κ1) is 48.0. The van der Waals surface area contributed by atoms with Gasteiger partial charge in [-0.15, -0.1) is 0 Å². The molecule has 0 saturated heterocycles. The van der Waals surface area contributed by atoms with E-state index in [1.807, 2.05) is 9.44 Å². The summed E-state index contributed by atoms with van der Waals surface area (Å²) >= 11 is 6.01. The van der Waals surface area contributed by atoms with Crippen LogP contribution in [0.1, 0.15) is 66.5 Å². The molecular formula is C32H40Br2F8N2O6S2. The number of carbonyl (C=O) groups is 2. The van der Waals surface area contributed by atoms with Gasteiger partial charge in [0.05, 0.1) is 44.7 Å². The lowest BCUT2D eigenvalue weighted by molar-refractivity contribution is -0.157. The lowest BCUT2D eigenvalue weighted by atomic mass is 9.86. The van der Waals surface area contributed by atoms with Crippen molar-refractivity contribution in [3.8, 4) is 0 Å². The van der Waals surface area contributed by atoms with Gasteiger partial charge in [-0.05, 0) is 91.8 Å². The quantitative estimate of drug-likeness (QED) is 0.147. The summed E-state index contributed by atoms with van der Waals surface area (Å²) in [6.07, 6.45) is -13.2. The summed E-state index contributed by atoms with van der Waals surface area (Å²) in [5.41, 5.74) is -8.06. The van der Waals surface area contributed by atoms with Crippen LogP contribution in [0.15, 0.2) is 45.3 Å². The summed E-state index contributed by atoms with van der Waals surface area (Å²) in [6.45, 7) is 11.0. The van der Waals surface area contributed by atoms with Crippen molar-refractivity contribution in [3.05, 3.63) is 68.1 Å². The van der Waals surface area contributed by atoms with Gasteiger partial charge in [0.15, 0.2) is 11.1 Å². The first-order valence-corrected chi connectivity index (χ1v) is 19.1. The van der Waals surface area contributed by atoms with Gasteiger partial charge in [0, 0.05) is 20.1 Å². The number of halogens is 10. The fourth-order valence-electron chi connectivity index (χ4n) is 4.08. The largest absolute Gasteiger partial charge is 0.464 e. The van der Waals surface area contributed by atoms with Gasteiger partial charge < -0.3 is 9.47 Å². The van der Waals surface area contributed by atoms with Gasteiger partial charge in [0.2, 0.25) is 12.3 Å². The first-order chi connectivity index (χ1) is 23.7. The highest BCUT2D eigenvalue weighted by atomic mass is 79.9. The number of carbonyl (C=O) groups excluding carboxylic acids is 2. The number of ether oxygens (including phenoxy) is 2. The van der Waals surface area contributed by atoms with Crippen LogP contribution in [0.4, 0.5) is 35.1 Å². The Kier molecular flexibility index (Phi) is 18.0. The minimum absolute atomic E-state index is 0.179. The Hall–Kier alpha value is -2.00. The molecule has 0 aliphatic heterocycles. The van der Waals surface area contributed by atoms with E-state index in [4.69, 9.17) is 0 Å². The number of nitrogens with one attached hydrogen (secondary N) is 2. The molecule has 0 spiro atoms. The number of hydrogen-bond acceptors (Lipinski definition) is 6. The average Bonchev–Trinajstić information content (AvgIpc) is 3.03. The average molecular weight is 925 g/mol. The fraction of sp³-hybridized carbons (Fsp3) is 0.562. The Balaban J connectivity index is 0.000000520. The molecule has 0 aromatic heterocycles. The molecule has 20 heteroatoms. The highest BCUT2D eigenvalue weighted by Gasteiger charge is 2.58. The van der Waals surface area contributed by atoms with E-state index in [0.717, 1.165) is 24.3 Å². The first-order valence-electron chi connectivity index (χ1n) is 15.2. The molecule has 2 rings (SSSR count). The van der Waals surface area contributed by atoms with Crippen molar-refractivity contribution in [3.63, 3.8) is 0 Å². The van der Waals surface area contributed by atoms with E-state index in [2.05, 4.69) is 41.3 Å². The zero-order chi connectivity index (χ0) is 40.6. The SMILES string of the molecule is CCOC(=O)[C@@H](F)[C@](N[S@](=O)C(C)(C)C)(c1cc(Br)ccc1F)C(F)F.CCOC(=O)[C@H](F)[C@](N[S@](=O)C(C)(C)C)(c1cc(Br)ccc1F)C(F)F. The number of benzene rings is 2. The summed E-state index contributed by atoms with van der Waals surface area (Å²) in [5.74, 6) is -5.58. The van der Waals surface area contributed by atoms with Gasteiger partial charge in [0.25, 0.3) is 12.9 Å². The second kappa shape index (κ2) is 19.5. The summed E-state index contributed by atoms with van der Waals surface area (Å²) in [6, 6.07) is 5.98. The maximum Gasteiger partial charge on any atom is 0.343 e. The summed E-state index contributed by atoms with van der Waals surface area (Å²) in [5, 5.41) is 0. The Morgan fingerprint density at radius 1 is 0.654 bits per heavy atom. The van der Waals surface area contributed by atoms with Crippen molar-refractivity contribution in [2.45, 2.75) is 101 Å². The van der Waals surface area contributed by atoms with Crippen LogP contribution in [0, 0.1) is 11.6 Å². The normalized spacial score (nSPS) is 16.8. The van der Waals surface area contributed by atoms with Crippen molar-refractivity contribution in [2.24, 2.45) is 0 Å². The number of hydrogen-bond donors (Lipinski definition) is 2. The Labute approximate surface area is 319 Å². The van der Waals surface area contributed by atoms with Crippen molar-refractivity contribution in [1.82, 2.24) is 9.44 Å². The van der Waals surface area contributed by atoms with Crippen LogP contribution in [0.2, 0.25) is 0 Å². The molecule has 6 atom stereocenters. The molecule has 2 N–H and O–H groups in total. The van der Waals surface area contributed by atoms with Crippen LogP contribution in [0.5, 0.6) is 0 Å². The van der Waals surface area contributed by atoms with E-state index < -0.39 is 102 Å². The molecule has 52 heavy (non-hydrogen) atoms. The number of esters is 2. The van der Waals surface area contributed by atoms with Gasteiger partial charge in [0.1, 0.15) is 11.6 Å². The molecule has 2 aromatic rings. The smallest absolute Gasteiger partial charge is 0.343 e. The van der Waals surface area contributed by atoms with E-state index in [0.29, 0.717) is 0 Å². The predicted molar refractivity (Wildman–Crippen MR) is 189 cm³/mol. The lowest BCUT2D eigenvalue weighted by Gasteiger charge is -2.37. The third kappa shape index (κ3) is 11.5. The third-order valence-corrected chi connectivity index (χ3v) is 11.1. The maximum absolute atomic E-state index is 15.0. The topological polar surface area (TPSA) is 111 Å². The molecule has 2 aromatic carbocycles. The van der Waals surface area contributed by atoms with Crippen LogP contribution in [0.25, 0.3) is 0 Å². The van der Waals surface area contributed by atoms with Gasteiger partial charge in [-0.25, -0.2) is 62.6 Å².